The minimum absolute atomic E-state index is 0.188. The Balaban J connectivity index is 2.54. The first-order valence-electron chi connectivity index (χ1n) is 6.84. The molecular weight excluding hydrogens is 299 g/mol. The first-order chi connectivity index (χ1) is 9.89. The fraction of sp³-hybridized carbons (Fsp3) is 0.538. The van der Waals surface area contributed by atoms with Gasteiger partial charge in [-0.15, -0.1) is 0 Å². The van der Waals surface area contributed by atoms with E-state index in [0.717, 1.165) is 25.0 Å². The van der Waals surface area contributed by atoms with Crippen molar-refractivity contribution in [1.29, 1.82) is 0 Å². The molecule has 0 saturated carbocycles. The van der Waals surface area contributed by atoms with E-state index in [0.29, 0.717) is 19.4 Å². The first-order valence-corrected chi connectivity index (χ1v) is 8.28. The van der Waals surface area contributed by atoms with Gasteiger partial charge in [0.05, 0.1) is 4.92 Å². The van der Waals surface area contributed by atoms with E-state index < -0.39 is 31.3 Å². The lowest BCUT2D eigenvalue weighted by Crippen LogP contribution is -2.43. The summed E-state index contributed by atoms with van der Waals surface area (Å²) in [5, 5.41) is 11.0. The van der Waals surface area contributed by atoms with Crippen LogP contribution in [0.2, 0.25) is 0 Å². The maximum Gasteiger partial charge on any atom is 0.324 e. The number of sulfonamides is 1. The van der Waals surface area contributed by atoms with E-state index in [2.05, 4.69) is 0 Å². The number of halogens is 1. The number of para-hydroxylation sites is 1. The smallest absolute Gasteiger partial charge is 0.258 e. The molecule has 0 aromatic heterocycles. The summed E-state index contributed by atoms with van der Waals surface area (Å²) in [6.45, 7) is 2.19. The quantitative estimate of drug-likeness (QED) is 0.632. The third kappa shape index (κ3) is 2.91. The Hall–Kier alpha value is -1.54. The number of nitro benzene ring substituents is 1. The van der Waals surface area contributed by atoms with Crippen LogP contribution in [0.15, 0.2) is 23.1 Å². The molecule has 1 aliphatic heterocycles. The van der Waals surface area contributed by atoms with Gasteiger partial charge >= 0.3 is 5.69 Å². The molecule has 0 bridgehead atoms. The van der Waals surface area contributed by atoms with Crippen LogP contribution in [0.5, 0.6) is 0 Å². The maximum absolute atomic E-state index is 13.7. The molecule has 6 nitrogen and oxygen atoms in total. The van der Waals surface area contributed by atoms with Crippen molar-refractivity contribution in [3.8, 4) is 0 Å². The van der Waals surface area contributed by atoms with Gasteiger partial charge in [0, 0.05) is 12.6 Å². The van der Waals surface area contributed by atoms with Crippen LogP contribution in [-0.4, -0.2) is 30.2 Å². The van der Waals surface area contributed by atoms with Gasteiger partial charge in [0.25, 0.3) is 0 Å². The number of hydrogen-bond acceptors (Lipinski definition) is 4. The summed E-state index contributed by atoms with van der Waals surface area (Å²) < 4.78 is 40.3. The van der Waals surface area contributed by atoms with E-state index in [1.54, 1.807) is 0 Å². The van der Waals surface area contributed by atoms with Crippen molar-refractivity contribution in [3.63, 3.8) is 0 Å². The van der Waals surface area contributed by atoms with E-state index in [-0.39, 0.29) is 6.04 Å². The van der Waals surface area contributed by atoms with Crippen molar-refractivity contribution in [2.45, 2.75) is 43.5 Å². The number of benzene rings is 1. The van der Waals surface area contributed by atoms with Crippen molar-refractivity contribution in [1.82, 2.24) is 4.31 Å². The van der Waals surface area contributed by atoms with Gasteiger partial charge in [0.15, 0.2) is 4.90 Å². The molecule has 1 atom stereocenters. The summed E-state index contributed by atoms with van der Waals surface area (Å²) in [5.74, 6) is -1.13. The van der Waals surface area contributed by atoms with Gasteiger partial charge in [-0.1, -0.05) is 19.4 Å². The molecule has 21 heavy (non-hydrogen) atoms. The van der Waals surface area contributed by atoms with Crippen LogP contribution >= 0.6 is 0 Å². The third-order valence-electron chi connectivity index (χ3n) is 3.76. The molecule has 0 radical (unpaired) electrons. The van der Waals surface area contributed by atoms with Crippen LogP contribution in [0.1, 0.15) is 32.6 Å². The summed E-state index contributed by atoms with van der Waals surface area (Å²) >= 11 is 0. The highest BCUT2D eigenvalue weighted by atomic mass is 32.2. The van der Waals surface area contributed by atoms with Crippen molar-refractivity contribution in [2.24, 2.45) is 0 Å². The Morgan fingerprint density at radius 1 is 1.43 bits per heavy atom. The second-order valence-corrected chi connectivity index (χ2v) is 6.88. The van der Waals surface area contributed by atoms with Gasteiger partial charge < -0.3 is 0 Å². The number of hydrogen-bond donors (Lipinski definition) is 0. The van der Waals surface area contributed by atoms with Gasteiger partial charge in [-0.25, -0.2) is 8.42 Å². The van der Waals surface area contributed by atoms with Crippen molar-refractivity contribution in [3.05, 3.63) is 34.1 Å². The Morgan fingerprint density at radius 2 is 2.14 bits per heavy atom. The predicted octanol–water partition coefficient (Wildman–Crippen LogP) is 2.69. The van der Waals surface area contributed by atoms with Gasteiger partial charge in [-0.05, 0) is 31.4 Å². The monoisotopic (exact) mass is 316 g/mol. The minimum atomic E-state index is -4.07. The molecular formula is C13H17FN2O4S. The van der Waals surface area contributed by atoms with Gasteiger partial charge in [-0.3, -0.25) is 10.1 Å². The second-order valence-electron chi connectivity index (χ2n) is 5.02. The number of piperidine rings is 1. The van der Waals surface area contributed by atoms with Crippen LogP contribution in [-0.2, 0) is 10.0 Å². The van der Waals surface area contributed by atoms with Crippen LogP contribution in [0.25, 0.3) is 0 Å². The van der Waals surface area contributed by atoms with Gasteiger partial charge in [-0.2, -0.15) is 8.70 Å². The zero-order valence-corrected chi connectivity index (χ0v) is 12.5. The van der Waals surface area contributed by atoms with Crippen molar-refractivity contribution in [2.75, 3.05) is 6.54 Å². The summed E-state index contributed by atoms with van der Waals surface area (Å²) in [5.41, 5.74) is -0.974. The number of nitro groups is 1. The molecule has 1 aromatic rings. The van der Waals surface area contributed by atoms with E-state index in [1.165, 1.54) is 10.4 Å². The van der Waals surface area contributed by atoms with E-state index in [4.69, 9.17) is 0 Å². The largest absolute Gasteiger partial charge is 0.324 e. The lowest BCUT2D eigenvalue weighted by Gasteiger charge is -2.33. The Labute approximate surface area is 122 Å². The van der Waals surface area contributed by atoms with Crippen LogP contribution in [0.3, 0.4) is 0 Å². The Bertz CT molecular complexity index is 648. The molecule has 0 amide bonds. The molecule has 1 heterocycles. The van der Waals surface area contributed by atoms with Crippen LogP contribution in [0.4, 0.5) is 10.1 Å². The summed E-state index contributed by atoms with van der Waals surface area (Å²) in [6.07, 6.45) is 2.98. The number of rotatable bonds is 4. The lowest BCUT2D eigenvalue weighted by atomic mass is 10.0. The summed E-state index contributed by atoms with van der Waals surface area (Å²) in [7, 11) is -4.07. The maximum atomic E-state index is 13.7. The molecule has 1 aromatic carbocycles. The van der Waals surface area contributed by atoms with Crippen LogP contribution in [0, 0.1) is 15.9 Å². The van der Waals surface area contributed by atoms with E-state index in [1.807, 2.05) is 6.92 Å². The minimum Gasteiger partial charge on any atom is -0.258 e. The average Bonchev–Trinajstić information content (AvgIpc) is 2.46. The molecule has 1 saturated heterocycles. The summed E-state index contributed by atoms with van der Waals surface area (Å²) in [4.78, 5) is 9.46. The lowest BCUT2D eigenvalue weighted by molar-refractivity contribution is -0.390. The zero-order valence-electron chi connectivity index (χ0n) is 11.7. The molecule has 0 aliphatic carbocycles. The molecule has 1 aliphatic rings. The summed E-state index contributed by atoms with van der Waals surface area (Å²) in [6, 6.07) is 2.98. The standard InChI is InChI=1S/C13H17FN2O4S/c1-2-10-6-3-4-9-15(10)21(19,20)12-8-5-7-11(14)13(12)16(17)18/h5,7-8,10H,2-4,6,9H2,1H3. The van der Waals surface area contributed by atoms with Gasteiger partial charge in [0.1, 0.15) is 0 Å². The fourth-order valence-corrected chi connectivity index (χ4v) is 4.64. The molecule has 2 rings (SSSR count). The molecule has 1 fully saturated rings. The van der Waals surface area contributed by atoms with E-state index in [9.17, 15) is 22.9 Å². The van der Waals surface area contributed by atoms with Crippen molar-refractivity contribution >= 4 is 15.7 Å². The Morgan fingerprint density at radius 3 is 2.76 bits per heavy atom. The third-order valence-corrected chi connectivity index (χ3v) is 5.75. The van der Waals surface area contributed by atoms with Crippen LogP contribution < -0.4 is 0 Å². The topological polar surface area (TPSA) is 80.5 Å². The Kier molecular flexibility index (Phi) is 4.58. The molecule has 0 N–H and O–H groups in total. The highest BCUT2D eigenvalue weighted by Gasteiger charge is 2.38. The highest BCUT2D eigenvalue weighted by Crippen LogP contribution is 2.33. The van der Waals surface area contributed by atoms with Crippen molar-refractivity contribution < 1.29 is 17.7 Å². The highest BCUT2D eigenvalue weighted by molar-refractivity contribution is 7.89. The predicted molar refractivity (Wildman–Crippen MR) is 74.9 cm³/mol. The zero-order chi connectivity index (χ0) is 15.6. The van der Waals surface area contributed by atoms with Gasteiger partial charge in [0.2, 0.25) is 15.8 Å². The fourth-order valence-electron chi connectivity index (χ4n) is 2.71. The normalized spacial score (nSPS) is 20.4. The molecule has 116 valence electrons. The molecule has 0 spiro atoms. The SMILES string of the molecule is CCC1CCCCN1S(=O)(=O)c1cccc(F)c1[N+](=O)[O-]. The second kappa shape index (κ2) is 6.07. The molecule has 8 heteroatoms. The first kappa shape index (κ1) is 15.8. The number of nitrogens with zero attached hydrogens (tertiary/aromatic N) is 2. The van der Waals surface area contributed by atoms with E-state index >= 15 is 0 Å². The average molecular weight is 316 g/mol. The molecule has 1 unspecified atom stereocenters.